The number of carbonyl (C=O) groups excluding carboxylic acids is 13. The van der Waals surface area contributed by atoms with E-state index in [4.69, 9.17) is 28.7 Å². The van der Waals surface area contributed by atoms with Crippen LogP contribution in [0.15, 0.2) is 29.3 Å². The number of nitrogens with two attached hydrogens (primary N) is 5. The highest BCUT2D eigenvalue weighted by Gasteiger charge is 2.43. The van der Waals surface area contributed by atoms with Crippen molar-refractivity contribution in [2.75, 3.05) is 44.7 Å². The second-order valence-corrected chi connectivity index (χ2v) is 27.0. The summed E-state index contributed by atoms with van der Waals surface area (Å²) in [6, 6.07) is -11.3. The molecule has 2 heterocycles. The summed E-state index contributed by atoms with van der Waals surface area (Å²) in [6.45, 7) is 7.40. The molecule has 0 saturated carbocycles. The minimum atomic E-state index is -1.96. The third-order valence-corrected chi connectivity index (χ3v) is 18.5. The highest BCUT2D eigenvalue weighted by atomic mass is 32.2. The van der Waals surface area contributed by atoms with E-state index >= 15 is 0 Å². The summed E-state index contributed by atoms with van der Waals surface area (Å²) < 4.78 is 0. The predicted octanol–water partition coefficient (Wildman–Crippen LogP) is -4.93. The number of aliphatic imine (C=N–C) groups is 1. The Morgan fingerprint density at radius 1 is 0.562 bits per heavy atom. The van der Waals surface area contributed by atoms with Crippen molar-refractivity contribution < 1.29 is 97.1 Å². The van der Waals surface area contributed by atoms with Gasteiger partial charge < -0.3 is 112 Å². The van der Waals surface area contributed by atoms with Crippen molar-refractivity contribution in [3.05, 3.63) is 29.8 Å². The van der Waals surface area contributed by atoms with Gasteiger partial charge in [0.05, 0.1) is 25.4 Å². The molecule has 0 unspecified atom stereocenters. The van der Waals surface area contributed by atoms with E-state index in [0.29, 0.717) is 43.4 Å². The number of unbranched alkanes of at least 4 members (excludes halogenated alkanes) is 1. The molecule has 0 aliphatic carbocycles. The molecular formula is C66H106N18O20S. The number of amides is 13. The number of phenolic OH excluding ortho intramolecular Hbond substituents is 1. The Kier molecular flexibility index (Phi) is 38.6. The van der Waals surface area contributed by atoms with Crippen molar-refractivity contribution in [3.63, 3.8) is 0 Å². The number of carboxylic acids is 3. The number of carbonyl (C=O) groups is 16. The van der Waals surface area contributed by atoms with Gasteiger partial charge in [-0.2, -0.15) is 11.8 Å². The molecule has 13 amide bonds. The number of nitrogens with zero attached hydrogens (tertiary/aromatic N) is 3. The number of benzene rings is 1. The zero-order valence-electron chi connectivity index (χ0n) is 60.1. The van der Waals surface area contributed by atoms with Gasteiger partial charge in [0, 0.05) is 26.1 Å². The number of aliphatic carboxylic acids is 3. The maximum absolute atomic E-state index is 14.7. The van der Waals surface area contributed by atoms with Gasteiger partial charge in [-0.1, -0.05) is 52.7 Å². The number of aromatic hydroxyl groups is 1. The van der Waals surface area contributed by atoms with E-state index in [1.54, 1.807) is 46.1 Å². The monoisotopic (exact) mass is 1500 g/mol. The van der Waals surface area contributed by atoms with Gasteiger partial charge in [0.25, 0.3) is 0 Å². The molecule has 2 saturated heterocycles. The van der Waals surface area contributed by atoms with Crippen molar-refractivity contribution in [1.29, 1.82) is 0 Å². The normalized spacial score (nSPS) is 17.4. The Bertz CT molecular complexity index is 3240. The fraction of sp³-hybridized carbons (Fsp3) is 0.652. The Morgan fingerprint density at radius 2 is 1.08 bits per heavy atom. The molecule has 105 heavy (non-hydrogen) atoms. The minimum Gasteiger partial charge on any atom is -0.508 e. The lowest BCUT2D eigenvalue weighted by molar-refractivity contribution is -0.146. The number of guanidine groups is 1. The van der Waals surface area contributed by atoms with Crippen LogP contribution >= 0.6 is 11.8 Å². The van der Waals surface area contributed by atoms with Crippen LogP contribution in [0.2, 0.25) is 0 Å². The van der Waals surface area contributed by atoms with Crippen molar-refractivity contribution in [2.45, 2.75) is 216 Å². The van der Waals surface area contributed by atoms with Crippen LogP contribution in [0.25, 0.3) is 0 Å². The number of carboxylic acid groups (broad SMARTS) is 3. The number of thioether (sulfide) groups is 1. The molecular weight excluding hydrogens is 1400 g/mol. The quantitative estimate of drug-likeness (QED) is 0.0165. The van der Waals surface area contributed by atoms with E-state index in [-0.39, 0.29) is 89.3 Å². The standard InChI is InChI=1S/C66H106N18O20S/c1-7-34(3)52(81-59(97)40(14-9-10-25-67)76-55(93)39(68)30-37-18-20-38(85)21-19-37)64(102)84-28-13-16-46(84)61(99)78-41(15-11-26-72-66(70)71)58(96)80-44(31-48(69)86)60(98)77-42(22-23-50(88)89)57(95)74-36(5)54(92)79-45(32-51(90)91)56(94)73-33-49(87)75-43(24-29-105-6)63(101)83-27-12-17-47(83)62(100)82-53(65(103)104)35(4)8-2/h18-21,34-36,39-47,52-53,85H,7-17,22-33,67-68H2,1-6H3,(H2,69,86)(H,73,94)(H,74,95)(H,75,87)(H,76,93)(H,77,98)(H,78,99)(H,79,92)(H,80,96)(H,81,97)(H,82,100)(H,88,89)(H,90,91)(H,103,104)(H4,70,71,72)/t34-,35-,36-,39-,40-,41-,42-,43-,44-,45-,46-,47-,52-,53-/m0/s1. The zero-order valence-corrected chi connectivity index (χ0v) is 60.9. The third-order valence-electron chi connectivity index (χ3n) is 17.9. The number of phenols is 1. The lowest BCUT2D eigenvalue weighted by Gasteiger charge is -2.33. The molecule has 0 bridgehead atoms. The van der Waals surface area contributed by atoms with Crippen LogP contribution in [0.1, 0.15) is 143 Å². The number of hydrogen-bond donors (Lipinski definition) is 19. The van der Waals surface area contributed by atoms with Gasteiger partial charge >= 0.3 is 17.9 Å². The Hall–Kier alpha value is -9.92. The predicted molar refractivity (Wildman–Crippen MR) is 381 cm³/mol. The first kappa shape index (κ1) is 89.3. The highest BCUT2D eigenvalue weighted by Crippen LogP contribution is 2.24. The number of rotatable bonds is 47. The Balaban J connectivity index is 1.81. The number of likely N-dealkylation sites (tertiary alicyclic amines) is 2. The van der Waals surface area contributed by atoms with Gasteiger partial charge in [-0.3, -0.25) is 76.9 Å². The minimum absolute atomic E-state index is 0.00220. The summed E-state index contributed by atoms with van der Waals surface area (Å²) in [6.07, 6.45) is 0.818. The maximum atomic E-state index is 14.7. The summed E-state index contributed by atoms with van der Waals surface area (Å²) in [4.78, 5) is 222. The van der Waals surface area contributed by atoms with Crippen molar-refractivity contribution in [3.8, 4) is 5.75 Å². The molecule has 1 aromatic rings. The van der Waals surface area contributed by atoms with Crippen LogP contribution in [-0.2, 0) is 83.1 Å². The molecule has 3 rings (SSSR count). The molecule has 24 N–H and O–H groups in total. The molecule has 0 spiro atoms. The average Bonchev–Trinajstić information content (AvgIpc) is 1.75. The molecule has 0 radical (unpaired) electrons. The first-order valence-corrected chi connectivity index (χ1v) is 36.3. The van der Waals surface area contributed by atoms with Gasteiger partial charge in [0.2, 0.25) is 76.8 Å². The second-order valence-electron chi connectivity index (χ2n) is 26.0. The molecule has 0 aromatic heterocycles. The van der Waals surface area contributed by atoms with Gasteiger partial charge in [-0.25, -0.2) is 4.79 Å². The smallest absolute Gasteiger partial charge is 0.326 e. The van der Waals surface area contributed by atoms with Crippen LogP contribution in [0.4, 0.5) is 0 Å². The van der Waals surface area contributed by atoms with E-state index in [1.807, 2.05) is 0 Å². The fourth-order valence-corrected chi connectivity index (χ4v) is 12.0. The number of hydrogen-bond acceptors (Lipinski definition) is 21. The van der Waals surface area contributed by atoms with Gasteiger partial charge in [-0.05, 0) is 132 Å². The largest absolute Gasteiger partial charge is 0.508 e. The fourth-order valence-electron chi connectivity index (χ4n) is 11.5. The second kappa shape index (κ2) is 45.3. The average molecular weight is 1500 g/mol. The van der Waals surface area contributed by atoms with Gasteiger partial charge in [0.1, 0.15) is 72.2 Å². The molecule has 586 valence electrons. The third kappa shape index (κ3) is 30.4. The summed E-state index contributed by atoms with van der Waals surface area (Å²) >= 11 is 1.33. The molecule has 2 aliphatic heterocycles. The molecule has 2 aliphatic rings. The van der Waals surface area contributed by atoms with E-state index in [0.717, 1.165) is 6.92 Å². The summed E-state index contributed by atoms with van der Waals surface area (Å²) in [5, 5.41) is 63.1. The Morgan fingerprint density at radius 3 is 1.64 bits per heavy atom. The van der Waals surface area contributed by atoms with Crippen molar-refractivity contribution in [1.82, 2.24) is 63.0 Å². The first-order chi connectivity index (χ1) is 49.6. The summed E-state index contributed by atoms with van der Waals surface area (Å²) in [5.41, 5.74) is 29.2. The topological polar surface area (TPSA) is 623 Å². The van der Waals surface area contributed by atoms with E-state index in [1.165, 1.54) is 33.7 Å². The van der Waals surface area contributed by atoms with Crippen molar-refractivity contribution >= 4 is 112 Å². The van der Waals surface area contributed by atoms with Crippen LogP contribution in [0, 0.1) is 11.8 Å². The van der Waals surface area contributed by atoms with Crippen LogP contribution in [-0.4, -0.2) is 248 Å². The zero-order chi connectivity index (χ0) is 78.8. The SMILES string of the molecule is CC[C@H](C)[C@H](NC(=O)[C@@H]1CCCN1C(=O)[C@H](CCSC)NC(=O)CNC(=O)[C@H](CC(=O)O)NC(=O)[C@H](C)NC(=O)[C@H](CCC(=O)O)NC(=O)[C@H](CC(N)=O)NC(=O)[C@H](CCCN=C(N)N)NC(=O)[C@@H]1CCCN1C(=O)[C@@H](NC(=O)[C@H](CCCCN)NC(=O)[C@@H](N)Cc1ccc(O)cc1)[C@@H](C)CC)C(=O)O. The van der Waals surface area contributed by atoms with Gasteiger partial charge in [-0.15, -0.1) is 0 Å². The molecule has 2 fully saturated rings. The summed E-state index contributed by atoms with van der Waals surface area (Å²) in [7, 11) is 0. The van der Waals surface area contributed by atoms with E-state index < -0.39 is 211 Å². The Labute approximate surface area is 612 Å². The summed E-state index contributed by atoms with van der Waals surface area (Å²) in [5.74, 6) is -17.8. The van der Waals surface area contributed by atoms with Crippen LogP contribution in [0.3, 0.4) is 0 Å². The molecule has 1 aromatic carbocycles. The van der Waals surface area contributed by atoms with Crippen LogP contribution < -0.4 is 81.8 Å². The van der Waals surface area contributed by atoms with Crippen molar-refractivity contribution in [2.24, 2.45) is 45.5 Å². The lowest BCUT2D eigenvalue weighted by atomic mass is 9.96. The first-order valence-electron chi connectivity index (χ1n) is 34.9. The van der Waals surface area contributed by atoms with Gasteiger partial charge in [0.15, 0.2) is 5.96 Å². The van der Waals surface area contributed by atoms with E-state index in [9.17, 15) is 97.1 Å². The number of nitrogens with one attached hydrogen (secondary N) is 10. The highest BCUT2D eigenvalue weighted by molar-refractivity contribution is 7.98. The number of primary amides is 1. The maximum Gasteiger partial charge on any atom is 0.326 e. The lowest BCUT2D eigenvalue weighted by Crippen LogP contribution is -2.61. The van der Waals surface area contributed by atoms with E-state index in [2.05, 4.69) is 58.2 Å². The van der Waals surface area contributed by atoms with Crippen LogP contribution in [0.5, 0.6) is 5.75 Å². The molecule has 38 nitrogen and oxygen atoms in total. The molecule has 39 heteroatoms. The molecule has 14 atom stereocenters.